The lowest BCUT2D eigenvalue weighted by Gasteiger charge is -2.21. The smallest absolute Gasteiger partial charge is 0.298 e. The van der Waals surface area contributed by atoms with E-state index in [0.717, 1.165) is 33.1 Å². The van der Waals surface area contributed by atoms with Crippen LogP contribution in [-0.4, -0.2) is 29.4 Å². The van der Waals surface area contributed by atoms with Gasteiger partial charge in [-0.2, -0.15) is 0 Å². The number of nitrogens with one attached hydrogen (secondary N) is 1. The van der Waals surface area contributed by atoms with Crippen molar-refractivity contribution >= 4 is 32.7 Å². The van der Waals surface area contributed by atoms with Crippen LogP contribution < -0.4 is 4.74 Å². The zero-order valence-electron chi connectivity index (χ0n) is 17.9. The van der Waals surface area contributed by atoms with Crippen LogP contribution in [0.2, 0.25) is 0 Å². The van der Waals surface area contributed by atoms with Crippen LogP contribution in [0.5, 0.6) is 5.75 Å². The van der Waals surface area contributed by atoms with Crippen LogP contribution in [-0.2, 0) is 17.8 Å². The fourth-order valence-corrected chi connectivity index (χ4v) is 3.80. The second-order valence-electron chi connectivity index (χ2n) is 8.30. The van der Waals surface area contributed by atoms with E-state index in [4.69, 9.17) is 4.74 Å². The average molecular weight is 467 g/mol. The summed E-state index contributed by atoms with van der Waals surface area (Å²) in [6, 6.07) is 13.9. The van der Waals surface area contributed by atoms with Gasteiger partial charge in [-0.05, 0) is 68.5 Å². The normalized spacial score (nSPS) is 11.1. The minimum atomic E-state index is -0.219. The Morgan fingerprint density at radius 1 is 1.17 bits per heavy atom. The Bertz CT molecular complexity index is 1080. The number of ether oxygens (including phenoxy) is 1. The quantitative estimate of drug-likeness (QED) is 0.483. The summed E-state index contributed by atoms with van der Waals surface area (Å²) in [5, 5.41) is 1.16. The van der Waals surface area contributed by atoms with Crippen molar-refractivity contribution in [3.63, 3.8) is 0 Å². The van der Waals surface area contributed by atoms with E-state index in [1.165, 1.54) is 5.56 Å². The highest BCUT2D eigenvalue weighted by Crippen LogP contribution is 2.27. The zero-order chi connectivity index (χ0) is 21.7. The SMILES string of the molecule is COc1ccc(CN(CCc2c[nH]c3cccc(Br)c23)C(=O)C#CC(C)(C)C)cc1. The van der Waals surface area contributed by atoms with E-state index in [-0.39, 0.29) is 11.3 Å². The van der Waals surface area contributed by atoms with Crippen molar-refractivity contribution in [1.29, 1.82) is 0 Å². The molecule has 0 bridgehead atoms. The molecule has 3 rings (SSSR count). The Kier molecular flexibility index (Phi) is 6.89. The highest BCUT2D eigenvalue weighted by atomic mass is 79.9. The Hall–Kier alpha value is -2.71. The number of methoxy groups -OCH3 is 1. The molecule has 0 aliphatic heterocycles. The molecule has 1 N–H and O–H groups in total. The summed E-state index contributed by atoms with van der Waals surface area (Å²) < 4.78 is 6.29. The third-order valence-corrected chi connectivity index (χ3v) is 5.41. The summed E-state index contributed by atoms with van der Waals surface area (Å²) in [6.45, 7) is 7.10. The molecular formula is C25H27BrN2O2. The van der Waals surface area contributed by atoms with Crippen LogP contribution in [0, 0.1) is 17.3 Å². The minimum absolute atomic E-state index is 0.153. The topological polar surface area (TPSA) is 45.3 Å². The van der Waals surface area contributed by atoms with E-state index in [0.29, 0.717) is 13.1 Å². The lowest BCUT2D eigenvalue weighted by Crippen LogP contribution is -2.31. The summed E-state index contributed by atoms with van der Waals surface area (Å²) >= 11 is 3.64. The number of fused-ring (bicyclic) bond motifs is 1. The summed E-state index contributed by atoms with van der Waals surface area (Å²) in [6.07, 6.45) is 2.76. The van der Waals surface area contributed by atoms with Gasteiger partial charge in [-0.1, -0.05) is 40.0 Å². The van der Waals surface area contributed by atoms with Crippen molar-refractivity contribution in [3.8, 4) is 17.6 Å². The minimum Gasteiger partial charge on any atom is -0.497 e. The number of aromatic nitrogens is 1. The van der Waals surface area contributed by atoms with Crippen LogP contribution >= 0.6 is 15.9 Å². The molecular weight excluding hydrogens is 440 g/mol. The lowest BCUT2D eigenvalue weighted by molar-refractivity contribution is -0.125. The molecule has 1 aromatic heterocycles. The van der Waals surface area contributed by atoms with Gasteiger partial charge in [0.05, 0.1) is 7.11 Å². The molecule has 156 valence electrons. The third kappa shape index (κ3) is 5.67. The van der Waals surface area contributed by atoms with E-state index in [1.807, 2.05) is 68.3 Å². The first-order valence-corrected chi connectivity index (χ1v) is 10.8. The van der Waals surface area contributed by atoms with Gasteiger partial charge in [0.1, 0.15) is 5.75 Å². The van der Waals surface area contributed by atoms with Crippen LogP contribution in [0.3, 0.4) is 0 Å². The molecule has 0 spiro atoms. The van der Waals surface area contributed by atoms with Crippen LogP contribution in [0.25, 0.3) is 10.9 Å². The number of aromatic amines is 1. The molecule has 0 fully saturated rings. The van der Waals surface area contributed by atoms with E-state index >= 15 is 0 Å². The number of hydrogen-bond acceptors (Lipinski definition) is 2. The number of carbonyl (C=O) groups excluding carboxylic acids is 1. The molecule has 0 aliphatic carbocycles. The van der Waals surface area contributed by atoms with Crippen molar-refractivity contribution in [2.75, 3.05) is 13.7 Å². The zero-order valence-corrected chi connectivity index (χ0v) is 19.5. The van der Waals surface area contributed by atoms with Crippen LogP contribution in [0.15, 0.2) is 53.1 Å². The molecule has 5 heteroatoms. The van der Waals surface area contributed by atoms with Crippen LogP contribution in [0.1, 0.15) is 31.9 Å². The fourth-order valence-electron chi connectivity index (χ4n) is 3.18. The van der Waals surface area contributed by atoms with Crippen molar-refractivity contribution in [1.82, 2.24) is 9.88 Å². The second kappa shape index (κ2) is 9.40. The maximum absolute atomic E-state index is 12.9. The van der Waals surface area contributed by atoms with Gasteiger partial charge in [0, 0.05) is 40.1 Å². The monoisotopic (exact) mass is 466 g/mol. The first kappa shape index (κ1) is 22.0. The Balaban J connectivity index is 1.82. The lowest BCUT2D eigenvalue weighted by atomic mass is 9.98. The summed E-state index contributed by atoms with van der Waals surface area (Å²) in [5.41, 5.74) is 3.08. The second-order valence-corrected chi connectivity index (χ2v) is 9.16. The molecule has 1 heterocycles. The first-order valence-electron chi connectivity index (χ1n) is 9.96. The maximum Gasteiger partial charge on any atom is 0.298 e. The first-order chi connectivity index (χ1) is 14.3. The standard InChI is InChI=1S/C25H27BrN2O2/c1-25(2,3)14-12-23(29)28(17-18-8-10-20(30-4)11-9-18)15-13-19-16-27-22-7-5-6-21(26)24(19)22/h5-11,16,27H,13,15,17H2,1-4H3. The van der Waals surface area contributed by atoms with Gasteiger partial charge in [0.2, 0.25) is 0 Å². The number of benzene rings is 2. The number of carbonyl (C=O) groups is 1. The maximum atomic E-state index is 12.9. The number of H-pyrrole nitrogens is 1. The van der Waals surface area contributed by atoms with Gasteiger partial charge in [-0.3, -0.25) is 4.79 Å². The third-order valence-electron chi connectivity index (χ3n) is 4.75. The molecule has 0 unspecified atom stereocenters. The molecule has 30 heavy (non-hydrogen) atoms. The Morgan fingerprint density at radius 2 is 1.90 bits per heavy atom. The van der Waals surface area contributed by atoms with Gasteiger partial charge >= 0.3 is 0 Å². The van der Waals surface area contributed by atoms with E-state index in [9.17, 15) is 4.79 Å². The number of nitrogens with zero attached hydrogens (tertiary/aromatic N) is 1. The van der Waals surface area contributed by atoms with Gasteiger partial charge in [0.15, 0.2) is 0 Å². The van der Waals surface area contributed by atoms with E-state index < -0.39 is 0 Å². The number of hydrogen-bond donors (Lipinski definition) is 1. The van der Waals surface area contributed by atoms with Gasteiger partial charge in [-0.15, -0.1) is 0 Å². The Labute approximate surface area is 186 Å². The average Bonchev–Trinajstić information content (AvgIpc) is 3.13. The van der Waals surface area contributed by atoms with Crippen LogP contribution in [0.4, 0.5) is 0 Å². The summed E-state index contributed by atoms with van der Waals surface area (Å²) in [5.74, 6) is 6.55. The Morgan fingerprint density at radius 3 is 2.57 bits per heavy atom. The summed E-state index contributed by atoms with van der Waals surface area (Å²) in [4.78, 5) is 18.0. The predicted octanol–water partition coefficient (Wildman–Crippen LogP) is 5.56. The molecule has 0 saturated carbocycles. The highest BCUT2D eigenvalue weighted by Gasteiger charge is 2.15. The van der Waals surface area contributed by atoms with Gasteiger partial charge < -0.3 is 14.6 Å². The largest absolute Gasteiger partial charge is 0.497 e. The van der Waals surface area contributed by atoms with E-state index in [1.54, 1.807) is 7.11 Å². The van der Waals surface area contributed by atoms with Crippen molar-refractivity contribution in [2.45, 2.75) is 33.7 Å². The van der Waals surface area contributed by atoms with Gasteiger partial charge in [-0.25, -0.2) is 0 Å². The molecule has 4 nitrogen and oxygen atoms in total. The molecule has 0 aliphatic rings. The molecule has 0 radical (unpaired) electrons. The van der Waals surface area contributed by atoms with Crippen molar-refractivity contribution in [2.24, 2.45) is 5.41 Å². The number of amides is 1. The predicted molar refractivity (Wildman–Crippen MR) is 125 cm³/mol. The van der Waals surface area contributed by atoms with Crippen molar-refractivity contribution in [3.05, 3.63) is 64.3 Å². The van der Waals surface area contributed by atoms with Gasteiger partial charge in [0.25, 0.3) is 5.91 Å². The molecule has 3 aromatic rings. The highest BCUT2D eigenvalue weighted by molar-refractivity contribution is 9.10. The van der Waals surface area contributed by atoms with Crippen molar-refractivity contribution < 1.29 is 9.53 Å². The summed E-state index contributed by atoms with van der Waals surface area (Å²) in [7, 11) is 1.65. The molecule has 2 aromatic carbocycles. The van der Waals surface area contributed by atoms with E-state index in [2.05, 4.69) is 38.8 Å². The molecule has 0 saturated heterocycles. The number of rotatable bonds is 6. The molecule has 0 atom stereocenters. The molecule has 1 amide bonds. The fraction of sp³-hybridized carbons (Fsp3) is 0.320. The number of halogens is 1.